The molecule has 0 unspecified atom stereocenters. The highest BCUT2D eigenvalue weighted by atomic mass is 15.0. The third kappa shape index (κ3) is 4.45. The van der Waals surface area contributed by atoms with Gasteiger partial charge in [-0.1, -0.05) is 78.9 Å². The van der Waals surface area contributed by atoms with E-state index < -0.39 is 0 Å². The van der Waals surface area contributed by atoms with Gasteiger partial charge in [0.05, 0.1) is 57.6 Å². The van der Waals surface area contributed by atoms with Crippen LogP contribution in [0.1, 0.15) is 11.1 Å². The Balaban J connectivity index is 1.12. The van der Waals surface area contributed by atoms with Crippen LogP contribution in [0.15, 0.2) is 152 Å². The van der Waals surface area contributed by atoms with Crippen molar-refractivity contribution in [3.8, 4) is 45.8 Å². The molecule has 0 fully saturated rings. The first-order chi connectivity index (χ1) is 24.6. The van der Waals surface area contributed by atoms with Crippen LogP contribution in [0.2, 0.25) is 0 Å². The van der Waals surface area contributed by atoms with E-state index in [1.54, 1.807) is 0 Å². The largest absolute Gasteiger partial charge is 0.309 e. The summed E-state index contributed by atoms with van der Waals surface area (Å²) in [6.45, 7) is 7.56. The number of aromatic nitrogens is 2. The Bertz CT molecular complexity index is 2940. The molecule has 0 spiro atoms. The van der Waals surface area contributed by atoms with Crippen LogP contribution in [0, 0.1) is 29.2 Å². The molecule has 2 aromatic heterocycles. The molecule has 7 aromatic carbocycles. The maximum absolute atomic E-state index is 9.86. The lowest BCUT2D eigenvalue weighted by molar-refractivity contribution is 1.18. The molecule has 0 aliphatic heterocycles. The summed E-state index contributed by atoms with van der Waals surface area (Å²) in [7, 11) is 0. The molecule has 50 heavy (non-hydrogen) atoms. The fourth-order valence-corrected chi connectivity index (χ4v) is 7.29. The molecule has 0 amide bonds. The fourth-order valence-electron chi connectivity index (χ4n) is 7.29. The summed E-state index contributed by atoms with van der Waals surface area (Å²) < 4.78 is 4.48. The van der Waals surface area contributed by atoms with Crippen molar-refractivity contribution in [2.24, 2.45) is 0 Å². The third-order valence-corrected chi connectivity index (χ3v) is 9.61. The average Bonchev–Trinajstić information content (AvgIpc) is 3.69. The molecule has 9 aromatic rings. The average molecular weight is 636 g/mol. The van der Waals surface area contributed by atoms with Crippen molar-refractivity contribution < 1.29 is 0 Å². The first-order valence-electron chi connectivity index (χ1n) is 16.2. The van der Waals surface area contributed by atoms with Gasteiger partial charge in [-0.2, -0.15) is 10.5 Å². The Morgan fingerprint density at radius 3 is 1.66 bits per heavy atom. The van der Waals surface area contributed by atoms with E-state index in [0.29, 0.717) is 16.8 Å². The number of nitriles is 2. The van der Waals surface area contributed by atoms with Crippen LogP contribution < -0.4 is 0 Å². The van der Waals surface area contributed by atoms with E-state index in [4.69, 9.17) is 6.57 Å². The normalized spacial score (nSPS) is 11.1. The van der Waals surface area contributed by atoms with E-state index in [1.807, 2.05) is 78.9 Å². The first kappa shape index (κ1) is 28.8. The highest BCUT2D eigenvalue weighted by Crippen LogP contribution is 2.39. The zero-order valence-corrected chi connectivity index (χ0v) is 26.7. The molecule has 0 aliphatic rings. The van der Waals surface area contributed by atoms with E-state index in [9.17, 15) is 10.5 Å². The summed E-state index contributed by atoms with van der Waals surface area (Å²) in [5.41, 5.74) is 12.2. The summed E-state index contributed by atoms with van der Waals surface area (Å²) in [6.07, 6.45) is 0. The maximum atomic E-state index is 9.86. The minimum atomic E-state index is 0.591. The number of hydrogen-bond acceptors (Lipinski definition) is 2. The predicted molar refractivity (Wildman–Crippen MR) is 202 cm³/mol. The lowest BCUT2D eigenvalue weighted by Crippen LogP contribution is -1.98. The van der Waals surface area contributed by atoms with Gasteiger partial charge in [0, 0.05) is 27.4 Å². The lowest BCUT2D eigenvalue weighted by atomic mass is 9.97. The minimum Gasteiger partial charge on any atom is -0.309 e. The molecule has 0 radical (unpaired) electrons. The Kier molecular flexibility index (Phi) is 6.56. The molecule has 2 heterocycles. The maximum Gasteiger partial charge on any atom is 0.188 e. The number of nitrogens with zero attached hydrogens (tertiary/aromatic N) is 5. The van der Waals surface area contributed by atoms with Crippen LogP contribution >= 0.6 is 0 Å². The second-order valence-corrected chi connectivity index (χ2v) is 12.3. The van der Waals surface area contributed by atoms with Crippen LogP contribution in [-0.4, -0.2) is 9.13 Å². The van der Waals surface area contributed by atoms with Gasteiger partial charge in [0.2, 0.25) is 0 Å². The van der Waals surface area contributed by atoms with Crippen molar-refractivity contribution in [2.45, 2.75) is 0 Å². The van der Waals surface area contributed by atoms with Crippen LogP contribution in [0.4, 0.5) is 5.69 Å². The SMILES string of the molecule is [C-]#[N+]c1ccc2c(c1)c1ccccc1n2-c1ccc(C#N)cc1-c1ccc(-c2ccc(-n3c4ccccc4c4cc(C#N)ccc43)cc2)cc1. The van der Waals surface area contributed by atoms with Gasteiger partial charge in [0.25, 0.3) is 0 Å². The number of rotatable bonds is 4. The zero-order chi connectivity index (χ0) is 33.8. The molecule has 0 bridgehead atoms. The quantitative estimate of drug-likeness (QED) is 0.181. The van der Waals surface area contributed by atoms with Crippen LogP contribution in [-0.2, 0) is 0 Å². The summed E-state index contributed by atoms with van der Waals surface area (Å²) >= 11 is 0. The van der Waals surface area contributed by atoms with Gasteiger partial charge < -0.3 is 9.13 Å². The summed E-state index contributed by atoms with van der Waals surface area (Å²) in [6, 6.07) is 55.8. The van der Waals surface area contributed by atoms with Crippen LogP contribution in [0.5, 0.6) is 0 Å². The Labute approximate surface area is 288 Å². The smallest absolute Gasteiger partial charge is 0.188 e. The Morgan fingerprint density at radius 2 is 0.980 bits per heavy atom. The molecule has 0 aliphatic carbocycles. The van der Waals surface area contributed by atoms with Gasteiger partial charge in [0.15, 0.2) is 5.69 Å². The van der Waals surface area contributed by atoms with E-state index in [0.717, 1.165) is 77.2 Å². The molecule has 5 heteroatoms. The molecule has 230 valence electrons. The zero-order valence-electron chi connectivity index (χ0n) is 26.7. The van der Waals surface area contributed by atoms with Gasteiger partial charge in [-0.25, -0.2) is 4.85 Å². The molecular weight excluding hydrogens is 611 g/mol. The molecule has 0 atom stereocenters. The molecule has 5 nitrogen and oxygen atoms in total. The number of fused-ring (bicyclic) bond motifs is 6. The third-order valence-electron chi connectivity index (χ3n) is 9.61. The Hall–Kier alpha value is -7.39. The molecule has 0 saturated heterocycles. The van der Waals surface area contributed by atoms with Gasteiger partial charge in [-0.15, -0.1) is 0 Å². The van der Waals surface area contributed by atoms with Crippen molar-refractivity contribution in [3.05, 3.63) is 174 Å². The molecular formula is C45H25N5. The van der Waals surface area contributed by atoms with E-state index in [-0.39, 0.29) is 0 Å². The van der Waals surface area contributed by atoms with Crippen LogP contribution in [0.25, 0.3) is 82.1 Å². The molecule has 0 saturated carbocycles. The van der Waals surface area contributed by atoms with E-state index in [1.165, 1.54) is 0 Å². The highest BCUT2D eigenvalue weighted by molar-refractivity contribution is 6.11. The number of para-hydroxylation sites is 2. The second kappa shape index (κ2) is 11.4. The lowest BCUT2D eigenvalue weighted by Gasteiger charge is -2.15. The summed E-state index contributed by atoms with van der Waals surface area (Å²) in [5.74, 6) is 0. The van der Waals surface area contributed by atoms with Gasteiger partial charge in [-0.3, -0.25) is 0 Å². The Morgan fingerprint density at radius 1 is 0.460 bits per heavy atom. The summed E-state index contributed by atoms with van der Waals surface area (Å²) in [4.78, 5) is 3.67. The predicted octanol–water partition coefficient (Wildman–Crippen LogP) is 11.5. The first-order valence-corrected chi connectivity index (χ1v) is 16.2. The highest BCUT2D eigenvalue weighted by Gasteiger charge is 2.17. The standard InChI is InChI=1S/C45H25N5/c1-48-34-18-23-45-40(26-34)37-7-3-5-9-42(37)50(45)43-21-10-29(27-46)24-38(43)33-14-12-31(13-15-33)32-16-19-35(20-17-32)49-41-8-4-2-6-36(41)39-25-30(28-47)11-22-44(39)49/h2-26H. The van der Waals surface area contributed by atoms with Gasteiger partial charge >= 0.3 is 0 Å². The number of benzene rings is 7. The van der Waals surface area contributed by atoms with Crippen molar-refractivity contribution in [3.63, 3.8) is 0 Å². The number of hydrogen-bond donors (Lipinski definition) is 0. The van der Waals surface area contributed by atoms with Crippen molar-refractivity contribution in [1.82, 2.24) is 9.13 Å². The topological polar surface area (TPSA) is 61.8 Å². The second-order valence-electron chi connectivity index (χ2n) is 12.3. The van der Waals surface area contributed by atoms with Gasteiger partial charge in [-0.05, 0) is 94.9 Å². The van der Waals surface area contributed by atoms with E-state index >= 15 is 0 Å². The fraction of sp³-hybridized carbons (Fsp3) is 0. The summed E-state index contributed by atoms with van der Waals surface area (Å²) in [5, 5.41) is 23.6. The van der Waals surface area contributed by atoms with Crippen molar-refractivity contribution >= 4 is 49.3 Å². The van der Waals surface area contributed by atoms with Crippen LogP contribution in [0.3, 0.4) is 0 Å². The monoisotopic (exact) mass is 635 g/mol. The van der Waals surface area contributed by atoms with Crippen molar-refractivity contribution in [1.29, 1.82) is 10.5 Å². The minimum absolute atomic E-state index is 0.591. The molecule has 9 rings (SSSR count). The molecule has 0 N–H and O–H groups in total. The van der Waals surface area contributed by atoms with Crippen molar-refractivity contribution in [2.75, 3.05) is 0 Å². The van der Waals surface area contributed by atoms with Gasteiger partial charge in [0.1, 0.15) is 0 Å². The van der Waals surface area contributed by atoms with E-state index in [2.05, 4.69) is 98.9 Å².